The van der Waals surface area contributed by atoms with Gasteiger partial charge < -0.3 is 9.84 Å². The van der Waals surface area contributed by atoms with Gasteiger partial charge in [-0.05, 0) is 33.1 Å². The van der Waals surface area contributed by atoms with E-state index in [2.05, 4.69) is 10.5 Å². The van der Waals surface area contributed by atoms with Gasteiger partial charge in [0.05, 0.1) is 11.9 Å². The van der Waals surface area contributed by atoms with Crippen LogP contribution < -0.4 is 5.32 Å². The number of piperidine rings is 1. The van der Waals surface area contributed by atoms with Gasteiger partial charge in [0.1, 0.15) is 5.76 Å². The van der Waals surface area contributed by atoms with Crippen LogP contribution in [0.4, 0.5) is 0 Å². The zero-order chi connectivity index (χ0) is 16.3. The number of amides is 1. The number of aryl methyl sites for hydroxylation is 2. The molecule has 0 saturated carbocycles. The molecule has 1 aliphatic rings. The van der Waals surface area contributed by atoms with Crippen LogP contribution in [0.3, 0.4) is 0 Å². The molecule has 2 rings (SSSR count). The van der Waals surface area contributed by atoms with E-state index >= 15 is 0 Å². The van der Waals surface area contributed by atoms with Gasteiger partial charge in [-0.2, -0.15) is 0 Å². The maximum atomic E-state index is 12.1. The predicted octanol–water partition coefficient (Wildman–Crippen LogP) is 0.622. The zero-order valence-electron chi connectivity index (χ0n) is 13.3. The molecule has 1 aliphatic heterocycles. The molecule has 0 aromatic carbocycles. The molecular formula is C14H23N3O4S. The molecule has 1 N–H and O–H groups in total. The van der Waals surface area contributed by atoms with E-state index in [1.165, 1.54) is 10.6 Å². The van der Waals surface area contributed by atoms with Crippen molar-refractivity contribution in [2.45, 2.75) is 33.1 Å². The molecule has 0 unspecified atom stereocenters. The lowest BCUT2D eigenvalue weighted by molar-refractivity contribution is -0.126. The van der Waals surface area contributed by atoms with Crippen LogP contribution in [-0.2, 0) is 21.2 Å². The maximum absolute atomic E-state index is 12.1. The molecule has 1 saturated heterocycles. The molecular weight excluding hydrogens is 306 g/mol. The van der Waals surface area contributed by atoms with Crippen LogP contribution in [0, 0.1) is 19.8 Å². The van der Waals surface area contributed by atoms with Gasteiger partial charge in [0.2, 0.25) is 15.9 Å². The van der Waals surface area contributed by atoms with Crippen molar-refractivity contribution in [1.82, 2.24) is 14.8 Å². The number of rotatable bonds is 5. The zero-order valence-corrected chi connectivity index (χ0v) is 14.1. The first-order chi connectivity index (χ1) is 10.3. The Balaban J connectivity index is 1.77. The average molecular weight is 329 g/mol. The highest BCUT2D eigenvalue weighted by molar-refractivity contribution is 7.88. The van der Waals surface area contributed by atoms with Crippen molar-refractivity contribution in [2.75, 3.05) is 25.9 Å². The Labute approximate surface area is 131 Å². The molecule has 0 atom stereocenters. The number of carbonyl (C=O) groups is 1. The molecule has 0 radical (unpaired) electrons. The van der Waals surface area contributed by atoms with Crippen LogP contribution in [0.2, 0.25) is 0 Å². The first kappa shape index (κ1) is 17.0. The van der Waals surface area contributed by atoms with Gasteiger partial charge in [0, 0.05) is 31.1 Å². The molecule has 1 aromatic rings. The summed E-state index contributed by atoms with van der Waals surface area (Å²) in [6, 6.07) is 0. The van der Waals surface area contributed by atoms with Crippen LogP contribution in [0.25, 0.3) is 0 Å². The lowest BCUT2D eigenvalue weighted by Gasteiger charge is -2.29. The van der Waals surface area contributed by atoms with E-state index in [0.717, 1.165) is 17.0 Å². The summed E-state index contributed by atoms with van der Waals surface area (Å²) in [5.41, 5.74) is 1.89. The Morgan fingerprint density at radius 2 is 2.00 bits per heavy atom. The molecule has 0 aliphatic carbocycles. The van der Waals surface area contributed by atoms with Gasteiger partial charge >= 0.3 is 0 Å². The third-order valence-electron chi connectivity index (χ3n) is 4.15. The Hall–Kier alpha value is -1.41. The molecule has 1 fully saturated rings. The van der Waals surface area contributed by atoms with Crippen LogP contribution in [0.1, 0.15) is 29.9 Å². The number of hydrogen-bond acceptors (Lipinski definition) is 5. The maximum Gasteiger partial charge on any atom is 0.223 e. The topological polar surface area (TPSA) is 92.5 Å². The van der Waals surface area contributed by atoms with Gasteiger partial charge in [0.15, 0.2) is 0 Å². The second-order valence-corrected chi connectivity index (χ2v) is 7.76. The largest absolute Gasteiger partial charge is 0.361 e. The third kappa shape index (κ3) is 4.07. The Morgan fingerprint density at radius 3 is 2.50 bits per heavy atom. The SMILES string of the molecule is Cc1noc(C)c1CCNC(=O)C1CCN(S(C)(=O)=O)CC1. The second kappa shape index (κ2) is 6.78. The summed E-state index contributed by atoms with van der Waals surface area (Å²) in [6.07, 6.45) is 3.04. The Morgan fingerprint density at radius 1 is 1.36 bits per heavy atom. The number of nitrogens with zero attached hydrogens (tertiary/aromatic N) is 2. The Kier molecular flexibility index (Phi) is 5.23. The summed E-state index contributed by atoms with van der Waals surface area (Å²) in [5.74, 6) is 0.677. The smallest absolute Gasteiger partial charge is 0.223 e. The van der Waals surface area contributed by atoms with Gasteiger partial charge in [-0.1, -0.05) is 5.16 Å². The summed E-state index contributed by atoms with van der Waals surface area (Å²) in [5, 5.41) is 6.81. The second-order valence-electron chi connectivity index (χ2n) is 5.78. The molecule has 1 amide bonds. The highest BCUT2D eigenvalue weighted by Crippen LogP contribution is 2.19. The van der Waals surface area contributed by atoms with Gasteiger partial charge in [-0.25, -0.2) is 12.7 Å². The van der Waals surface area contributed by atoms with Crippen molar-refractivity contribution in [1.29, 1.82) is 0 Å². The van der Waals surface area contributed by atoms with Crippen LogP contribution in [-0.4, -0.2) is 49.7 Å². The van der Waals surface area contributed by atoms with Crippen molar-refractivity contribution in [3.8, 4) is 0 Å². The number of nitrogens with one attached hydrogen (secondary N) is 1. The highest BCUT2D eigenvalue weighted by Gasteiger charge is 2.28. The van der Waals surface area contributed by atoms with Crippen LogP contribution >= 0.6 is 0 Å². The minimum absolute atomic E-state index is 0.0000822. The molecule has 8 heteroatoms. The van der Waals surface area contributed by atoms with Crippen molar-refractivity contribution in [3.63, 3.8) is 0 Å². The van der Waals surface area contributed by atoms with E-state index in [1.807, 2.05) is 13.8 Å². The monoisotopic (exact) mass is 329 g/mol. The number of aromatic nitrogens is 1. The first-order valence-electron chi connectivity index (χ1n) is 7.43. The van der Waals surface area contributed by atoms with Crippen LogP contribution in [0.15, 0.2) is 4.52 Å². The predicted molar refractivity (Wildman–Crippen MR) is 81.8 cm³/mol. The number of sulfonamides is 1. The van der Waals surface area contributed by atoms with Gasteiger partial charge in [-0.15, -0.1) is 0 Å². The highest BCUT2D eigenvalue weighted by atomic mass is 32.2. The van der Waals surface area contributed by atoms with Crippen molar-refractivity contribution >= 4 is 15.9 Å². The van der Waals surface area contributed by atoms with Gasteiger partial charge in [0.25, 0.3) is 0 Å². The van der Waals surface area contributed by atoms with E-state index in [0.29, 0.717) is 38.9 Å². The fourth-order valence-corrected chi connectivity index (χ4v) is 3.64. The summed E-state index contributed by atoms with van der Waals surface area (Å²) >= 11 is 0. The fourth-order valence-electron chi connectivity index (χ4n) is 2.76. The minimum Gasteiger partial charge on any atom is -0.361 e. The molecule has 2 heterocycles. The summed E-state index contributed by atoms with van der Waals surface area (Å²) in [6.45, 7) is 5.11. The van der Waals surface area contributed by atoms with Crippen molar-refractivity contribution < 1.29 is 17.7 Å². The lowest BCUT2D eigenvalue weighted by atomic mass is 9.97. The molecule has 0 spiro atoms. The molecule has 7 nitrogen and oxygen atoms in total. The van der Waals surface area contributed by atoms with Crippen molar-refractivity contribution in [2.24, 2.45) is 5.92 Å². The molecule has 1 aromatic heterocycles. The summed E-state index contributed by atoms with van der Waals surface area (Å²) in [4.78, 5) is 12.1. The number of carbonyl (C=O) groups excluding carboxylic acids is 1. The lowest BCUT2D eigenvalue weighted by Crippen LogP contribution is -2.42. The van der Waals surface area contributed by atoms with E-state index in [4.69, 9.17) is 4.52 Å². The normalized spacial score (nSPS) is 17.6. The van der Waals surface area contributed by atoms with Crippen LogP contribution in [0.5, 0.6) is 0 Å². The molecule has 22 heavy (non-hydrogen) atoms. The average Bonchev–Trinajstić information content (AvgIpc) is 2.78. The quantitative estimate of drug-likeness (QED) is 0.855. The van der Waals surface area contributed by atoms with E-state index < -0.39 is 10.0 Å². The van der Waals surface area contributed by atoms with Gasteiger partial charge in [-0.3, -0.25) is 4.79 Å². The van der Waals surface area contributed by atoms with Crippen molar-refractivity contribution in [3.05, 3.63) is 17.0 Å². The van der Waals surface area contributed by atoms with E-state index in [9.17, 15) is 13.2 Å². The molecule has 124 valence electrons. The first-order valence-corrected chi connectivity index (χ1v) is 9.28. The summed E-state index contributed by atoms with van der Waals surface area (Å²) < 4.78 is 29.4. The van der Waals surface area contributed by atoms with E-state index in [-0.39, 0.29) is 11.8 Å². The summed E-state index contributed by atoms with van der Waals surface area (Å²) in [7, 11) is -3.15. The minimum atomic E-state index is -3.15. The number of hydrogen-bond donors (Lipinski definition) is 1. The standard InChI is InChI=1S/C14H23N3O4S/c1-10-13(11(2)21-16-10)4-7-15-14(18)12-5-8-17(9-6-12)22(3,19)20/h12H,4-9H2,1-3H3,(H,15,18). The third-order valence-corrected chi connectivity index (χ3v) is 5.45. The fraction of sp³-hybridized carbons (Fsp3) is 0.714. The van der Waals surface area contributed by atoms with E-state index in [1.54, 1.807) is 0 Å². The molecule has 0 bridgehead atoms. The Bertz CT molecular complexity index is 611.